The number of anilines is 1. The van der Waals surface area contributed by atoms with E-state index in [-0.39, 0.29) is 11.7 Å². The molecule has 2 aromatic carbocycles. The molecule has 27 heavy (non-hydrogen) atoms. The van der Waals surface area contributed by atoms with Crippen LogP contribution in [0.3, 0.4) is 0 Å². The van der Waals surface area contributed by atoms with Crippen LogP contribution in [0.2, 0.25) is 0 Å². The second kappa shape index (κ2) is 8.43. The summed E-state index contributed by atoms with van der Waals surface area (Å²) in [7, 11) is 0. The van der Waals surface area contributed by atoms with Crippen molar-refractivity contribution in [2.45, 2.75) is 31.6 Å². The Morgan fingerprint density at radius 1 is 1.04 bits per heavy atom. The Morgan fingerprint density at radius 2 is 1.74 bits per heavy atom. The minimum Gasteiger partial charge on any atom is -0.335 e. The van der Waals surface area contributed by atoms with Gasteiger partial charge in [-0.1, -0.05) is 36.4 Å². The fourth-order valence-electron chi connectivity index (χ4n) is 3.36. The summed E-state index contributed by atoms with van der Waals surface area (Å²) < 4.78 is 38.2. The number of benzene rings is 2. The number of rotatable bonds is 4. The largest absolute Gasteiger partial charge is 0.416 e. The molecule has 0 spiro atoms. The van der Waals surface area contributed by atoms with E-state index in [0.717, 1.165) is 44.6 Å². The molecule has 0 unspecified atom stereocenters. The first-order chi connectivity index (χ1) is 12.9. The first kappa shape index (κ1) is 19.2. The van der Waals surface area contributed by atoms with E-state index in [9.17, 15) is 18.0 Å². The van der Waals surface area contributed by atoms with Gasteiger partial charge in [0.25, 0.3) is 0 Å². The van der Waals surface area contributed by atoms with Crippen LogP contribution in [-0.4, -0.2) is 25.2 Å². The maximum Gasteiger partial charge on any atom is 0.416 e. The van der Waals surface area contributed by atoms with Crippen molar-refractivity contribution in [1.82, 2.24) is 5.32 Å². The number of quaternary nitrogens is 1. The van der Waals surface area contributed by atoms with Crippen LogP contribution in [-0.2, 0) is 12.7 Å². The van der Waals surface area contributed by atoms with Gasteiger partial charge < -0.3 is 15.5 Å². The normalized spacial score (nSPS) is 20.1. The molecule has 2 amide bonds. The van der Waals surface area contributed by atoms with Crippen molar-refractivity contribution in [3.8, 4) is 0 Å². The van der Waals surface area contributed by atoms with Crippen LogP contribution in [0.4, 0.5) is 23.7 Å². The number of nitrogens with one attached hydrogen (secondary N) is 3. The highest BCUT2D eigenvalue weighted by Crippen LogP contribution is 2.30. The molecular formula is C20H23F3N3O+. The molecule has 1 aliphatic rings. The Balaban J connectivity index is 1.46. The van der Waals surface area contributed by atoms with Gasteiger partial charge in [-0.25, -0.2) is 4.79 Å². The topological polar surface area (TPSA) is 45.6 Å². The molecule has 0 bridgehead atoms. The van der Waals surface area contributed by atoms with Gasteiger partial charge in [0, 0.05) is 30.1 Å². The summed E-state index contributed by atoms with van der Waals surface area (Å²) in [5.41, 5.74) is 0.647. The number of halogens is 3. The second-order valence-corrected chi connectivity index (χ2v) is 6.86. The highest BCUT2D eigenvalue weighted by Gasteiger charge is 2.30. The molecule has 1 saturated heterocycles. The van der Waals surface area contributed by atoms with Gasteiger partial charge in [0.1, 0.15) is 6.54 Å². The molecule has 1 heterocycles. The van der Waals surface area contributed by atoms with Crippen LogP contribution in [0.5, 0.6) is 0 Å². The van der Waals surface area contributed by atoms with Crippen LogP contribution < -0.4 is 15.5 Å². The third-order valence-corrected chi connectivity index (χ3v) is 4.77. The molecule has 0 aromatic heterocycles. The lowest BCUT2D eigenvalue weighted by Crippen LogP contribution is -3.12. The average Bonchev–Trinajstić information content (AvgIpc) is 2.64. The van der Waals surface area contributed by atoms with E-state index in [1.807, 2.05) is 18.2 Å². The van der Waals surface area contributed by atoms with E-state index in [1.165, 1.54) is 22.6 Å². The van der Waals surface area contributed by atoms with Gasteiger partial charge in [-0.2, -0.15) is 13.2 Å². The number of hydrogen-bond donors (Lipinski definition) is 3. The monoisotopic (exact) mass is 378 g/mol. The third-order valence-electron chi connectivity index (χ3n) is 4.77. The summed E-state index contributed by atoms with van der Waals surface area (Å²) in [6.07, 6.45) is -2.74. The molecule has 3 N–H and O–H groups in total. The lowest BCUT2D eigenvalue weighted by molar-refractivity contribution is -0.918. The van der Waals surface area contributed by atoms with Gasteiger partial charge >= 0.3 is 12.2 Å². The molecule has 0 atom stereocenters. The Kier molecular flexibility index (Phi) is 6.01. The van der Waals surface area contributed by atoms with Crippen molar-refractivity contribution in [2.75, 3.05) is 18.4 Å². The number of carbonyl (C=O) groups is 1. The van der Waals surface area contributed by atoms with Gasteiger partial charge in [0.2, 0.25) is 0 Å². The van der Waals surface area contributed by atoms with Gasteiger partial charge in [-0.15, -0.1) is 0 Å². The van der Waals surface area contributed by atoms with Crippen molar-refractivity contribution in [1.29, 1.82) is 0 Å². The van der Waals surface area contributed by atoms with E-state index in [0.29, 0.717) is 0 Å². The zero-order chi connectivity index (χ0) is 19.3. The fourth-order valence-corrected chi connectivity index (χ4v) is 3.36. The van der Waals surface area contributed by atoms with Gasteiger partial charge in [-0.05, 0) is 18.2 Å². The maximum absolute atomic E-state index is 12.7. The standard InChI is InChI=1S/C20H22F3N3O/c21-20(22,23)16-7-4-8-18(13-16)25-19(27)24-17-9-11-26(12-10-17)14-15-5-2-1-3-6-15/h1-8,13,17H,9-12,14H2,(H2,24,25,27)/p+1. The zero-order valence-electron chi connectivity index (χ0n) is 14.9. The Bertz CT molecular complexity index is 757. The predicted octanol–water partition coefficient (Wildman–Crippen LogP) is 3.07. The number of piperidine rings is 1. The third kappa shape index (κ3) is 5.72. The molecule has 0 aliphatic carbocycles. The SMILES string of the molecule is O=C(Nc1cccc(C(F)(F)F)c1)NC1CC[NH+](Cc2ccccc2)CC1. The minimum atomic E-state index is -4.43. The van der Waals surface area contributed by atoms with Crippen molar-refractivity contribution < 1.29 is 22.9 Å². The van der Waals surface area contributed by atoms with E-state index >= 15 is 0 Å². The van der Waals surface area contributed by atoms with E-state index in [2.05, 4.69) is 22.8 Å². The molecule has 2 aromatic rings. The maximum atomic E-state index is 12.7. The summed E-state index contributed by atoms with van der Waals surface area (Å²) in [5.74, 6) is 0. The summed E-state index contributed by atoms with van der Waals surface area (Å²) in [6, 6.07) is 14.5. The van der Waals surface area contributed by atoms with Crippen LogP contribution >= 0.6 is 0 Å². The molecule has 3 rings (SSSR count). The molecule has 1 aliphatic heterocycles. The van der Waals surface area contributed by atoms with E-state index in [1.54, 1.807) is 0 Å². The smallest absolute Gasteiger partial charge is 0.335 e. The molecule has 144 valence electrons. The van der Waals surface area contributed by atoms with Crippen LogP contribution in [0.25, 0.3) is 0 Å². The number of urea groups is 1. The average molecular weight is 378 g/mol. The Hall–Kier alpha value is -2.54. The molecule has 4 nitrogen and oxygen atoms in total. The molecule has 0 radical (unpaired) electrons. The van der Waals surface area contributed by atoms with E-state index < -0.39 is 17.8 Å². The predicted molar refractivity (Wildman–Crippen MR) is 97.5 cm³/mol. The van der Waals surface area contributed by atoms with Crippen molar-refractivity contribution in [3.63, 3.8) is 0 Å². The summed E-state index contributed by atoms with van der Waals surface area (Å²) in [4.78, 5) is 13.6. The highest BCUT2D eigenvalue weighted by atomic mass is 19.4. The number of hydrogen-bond acceptors (Lipinski definition) is 1. The molecule has 7 heteroatoms. The van der Waals surface area contributed by atoms with Crippen LogP contribution in [0.1, 0.15) is 24.0 Å². The lowest BCUT2D eigenvalue weighted by atomic mass is 10.0. The highest BCUT2D eigenvalue weighted by molar-refractivity contribution is 5.89. The first-order valence-corrected chi connectivity index (χ1v) is 9.02. The summed E-state index contributed by atoms with van der Waals surface area (Å²) >= 11 is 0. The van der Waals surface area contributed by atoms with Crippen molar-refractivity contribution >= 4 is 11.7 Å². The number of alkyl halides is 3. The Labute approximate surface area is 156 Å². The van der Waals surface area contributed by atoms with Crippen LogP contribution in [0, 0.1) is 0 Å². The van der Waals surface area contributed by atoms with Gasteiger partial charge in [0.05, 0.1) is 18.7 Å². The number of likely N-dealkylation sites (tertiary alicyclic amines) is 1. The zero-order valence-corrected chi connectivity index (χ0v) is 14.9. The summed E-state index contributed by atoms with van der Waals surface area (Å²) in [6.45, 7) is 2.86. The number of carbonyl (C=O) groups excluding carboxylic acids is 1. The minimum absolute atomic E-state index is 0.0373. The van der Waals surface area contributed by atoms with Crippen molar-refractivity contribution in [3.05, 3.63) is 65.7 Å². The Morgan fingerprint density at radius 3 is 2.41 bits per heavy atom. The van der Waals surface area contributed by atoms with E-state index in [4.69, 9.17) is 0 Å². The first-order valence-electron chi connectivity index (χ1n) is 9.02. The fraction of sp³-hybridized carbons (Fsp3) is 0.350. The van der Waals surface area contributed by atoms with Gasteiger partial charge in [-0.3, -0.25) is 0 Å². The molecule has 1 fully saturated rings. The summed E-state index contributed by atoms with van der Waals surface area (Å²) in [5, 5.41) is 5.36. The molecular weight excluding hydrogens is 355 g/mol. The second-order valence-electron chi connectivity index (χ2n) is 6.86. The van der Waals surface area contributed by atoms with Gasteiger partial charge in [0.15, 0.2) is 0 Å². The van der Waals surface area contributed by atoms with Crippen molar-refractivity contribution in [2.24, 2.45) is 0 Å². The quantitative estimate of drug-likeness (QED) is 0.752. The lowest BCUT2D eigenvalue weighted by Gasteiger charge is -2.29. The van der Waals surface area contributed by atoms with Crippen LogP contribution in [0.15, 0.2) is 54.6 Å². The molecule has 0 saturated carbocycles. The number of amides is 2.